The molecule has 200 valence electrons. The predicted octanol–water partition coefficient (Wildman–Crippen LogP) is 4.18. The number of hydrogen-bond donors (Lipinski definition) is 3. The SMILES string of the molecule is O=C1CCC(=O)N1c1ccc2nc(Nc3cc(CN4CCCCC4)nc(N[C@H]4CC[C@H](O)CC4)n3)sc2c1. The minimum absolute atomic E-state index is 0.160. The van der Waals surface area contributed by atoms with Gasteiger partial charge in [-0.1, -0.05) is 17.8 Å². The first-order chi connectivity index (χ1) is 18.5. The van der Waals surface area contributed by atoms with E-state index in [4.69, 9.17) is 15.0 Å². The molecule has 4 heterocycles. The molecule has 2 amide bonds. The van der Waals surface area contributed by atoms with E-state index >= 15 is 0 Å². The highest BCUT2D eigenvalue weighted by atomic mass is 32.1. The van der Waals surface area contributed by atoms with Gasteiger partial charge in [-0.05, 0) is 69.8 Å². The molecule has 38 heavy (non-hydrogen) atoms. The van der Waals surface area contributed by atoms with Gasteiger partial charge >= 0.3 is 0 Å². The minimum Gasteiger partial charge on any atom is -0.393 e. The number of thiazole rings is 1. The summed E-state index contributed by atoms with van der Waals surface area (Å²) in [6.45, 7) is 2.94. The van der Waals surface area contributed by atoms with E-state index in [1.807, 2.05) is 18.2 Å². The first kappa shape index (κ1) is 25.1. The normalized spacial score (nSPS) is 22.8. The average Bonchev–Trinajstić information content (AvgIpc) is 3.46. The summed E-state index contributed by atoms with van der Waals surface area (Å²) in [5, 5.41) is 17.4. The van der Waals surface area contributed by atoms with E-state index in [2.05, 4.69) is 15.5 Å². The number of anilines is 4. The fourth-order valence-electron chi connectivity index (χ4n) is 5.54. The van der Waals surface area contributed by atoms with Crippen LogP contribution in [0.1, 0.15) is 63.5 Å². The van der Waals surface area contributed by atoms with Gasteiger partial charge in [0.25, 0.3) is 0 Å². The highest BCUT2D eigenvalue weighted by Crippen LogP contribution is 2.33. The second-order valence-corrected chi connectivity index (χ2v) is 11.5. The van der Waals surface area contributed by atoms with E-state index < -0.39 is 0 Å². The Morgan fingerprint density at radius 1 is 0.947 bits per heavy atom. The van der Waals surface area contributed by atoms with Crippen molar-refractivity contribution in [1.82, 2.24) is 19.9 Å². The molecular weight excluding hydrogens is 502 g/mol. The molecule has 0 radical (unpaired) electrons. The molecule has 0 spiro atoms. The van der Waals surface area contributed by atoms with Crippen LogP contribution < -0.4 is 15.5 Å². The number of piperidine rings is 1. The number of aliphatic hydroxyl groups excluding tert-OH is 1. The number of carbonyl (C=O) groups is 2. The van der Waals surface area contributed by atoms with Gasteiger partial charge in [-0.25, -0.2) is 9.97 Å². The molecule has 6 rings (SSSR count). The fraction of sp³-hybridized carbons (Fsp3) is 0.519. The van der Waals surface area contributed by atoms with Crippen molar-refractivity contribution in [2.45, 2.75) is 76.5 Å². The number of likely N-dealkylation sites (tertiary alicyclic amines) is 1. The van der Waals surface area contributed by atoms with Gasteiger partial charge in [0.05, 0.1) is 27.7 Å². The standard InChI is InChI=1S/C27H33N7O3S/c35-20-7-4-17(5-8-20)28-26-29-18(16-33-12-2-1-3-13-33)14-23(31-26)32-27-30-21-9-6-19(15-22(21)38-27)34-24(36)10-11-25(34)37/h6,9,14-15,17,20,35H,1-5,7-8,10-13,16H2,(H2,28,29,30,31,32)/t17-,20-. The molecule has 3 fully saturated rings. The molecule has 1 saturated carbocycles. The molecule has 10 nitrogen and oxygen atoms in total. The molecule has 3 aliphatic rings. The summed E-state index contributed by atoms with van der Waals surface area (Å²) < 4.78 is 0.888. The lowest BCUT2D eigenvalue weighted by molar-refractivity contribution is -0.121. The number of fused-ring (bicyclic) bond motifs is 1. The Morgan fingerprint density at radius 3 is 2.47 bits per heavy atom. The van der Waals surface area contributed by atoms with Crippen molar-refractivity contribution in [2.75, 3.05) is 28.6 Å². The Bertz CT molecular complexity index is 1320. The monoisotopic (exact) mass is 535 g/mol. The number of nitrogens with one attached hydrogen (secondary N) is 2. The van der Waals surface area contributed by atoms with Crippen molar-refractivity contribution >= 4 is 56.0 Å². The van der Waals surface area contributed by atoms with Crippen molar-refractivity contribution < 1.29 is 14.7 Å². The molecule has 11 heteroatoms. The van der Waals surface area contributed by atoms with Crippen LogP contribution in [0.3, 0.4) is 0 Å². The van der Waals surface area contributed by atoms with Gasteiger partial charge in [-0.15, -0.1) is 0 Å². The van der Waals surface area contributed by atoms with Crippen LogP contribution in [0.25, 0.3) is 10.2 Å². The van der Waals surface area contributed by atoms with Crippen molar-refractivity contribution in [3.8, 4) is 0 Å². The van der Waals surface area contributed by atoms with Gasteiger partial charge in [-0.3, -0.25) is 19.4 Å². The minimum atomic E-state index is -0.210. The van der Waals surface area contributed by atoms with E-state index in [1.165, 1.54) is 35.5 Å². The number of hydrogen-bond acceptors (Lipinski definition) is 10. The summed E-state index contributed by atoms with van der Waals surface area (Å²) in [6.07, 6.45) is 7.40. The number of aromatic nitrogens is 3. The Balaban J connectivity index is 1.24. The van der Waals surface area contributed by atoms with Gasteiger partial charge in [0, 0.05) is 31.5 Å². The average molecular weight is 536 g/mol. The second kappa shape index (κ2) is 10.9. The van der Waals surface area contributed by atoms with Gasteiger partial charge in [0.1, 0.15) is 5.82 Å². The van der Waals surface area contributed by atoms with Crippen LogP contribution >= 0.6 is 11.3 Å². The maximum absolute atomic E-state index is 12.2. The topological polar surface area (TPSA) is 124 Å². The van der Waals surface area contributed by atoms with Crippen LogP contribution in [0.5, 0.6) is 0 Å². The molecule has 2 saturated heterocycles. The Labute approximate surface area is 225 Å². The van der Waals surface area contributed by atoms with E-state index in [9.17, 15) is 14.7 Å². The third kappa shape index (κ3) is 5.64. The van der Waals surface area contributed by atoms with Gasteiger partial charge in [0.2, 0.25) is 17.8 Å². The van der Waals surface area contributed by atoms with Crippen LogP contribution in [0.2, 0.25) is 0 Å². The molecule has 3 N–H and O–H groups in total. The highest BCUT2D eigenvalue weighted by molar-refractivity contribution is 7.22. The Morgan fingerprint density at radius 2 is 1.71 bits per heavy atom. The molecule has 1 aliphatic carbocycles. The third-order valence-corrected chi connectivity index (χ3v) is 8.49. The smallest absolute Gasteiger partial charge is 0.234 e. The quantitative estimate of drug-likeness (QED) is 0.382. The molecule has 2 aliphatic heterocycles. The number of nitrogens with zero attached hydrogens (tertiary/aromatic N) is 5. The molecule has 0 atom stereocenters. The van der Waals surface area contributed by atoms with Crippen LogP contribution in [-0.2, 0) is 16.1 Å². The lowest BCUT2D eigenvalue weighted by Gasteiger charge is -2.27. The molecule has 0 bridgehead atoms. The fourth-order valence-corrected chi connectivity index (χ4v) is 6.44. The Hall–Kier alpha value is -3.15. The van der Waals surface area contributed by atoms with Crippen LogP contribution in [0.15, 0.2) is 24.3 Å². The van der Waals surface area contributed by atoms with Crippen LogP contribution in [-0.4, -0.2) is 62.0 Å². The lowest BCUT2D eigenvalue weighted by Crippen LogP contribution is -2.30. The van der Waals surface area contributed by atoms with E-state index in [1.54, 1.807) is 6.07 Å². The first-order valence-electron chi connectivity index (χ1n) is 13.6. The summed E-state index contributed by atoms with van der Waals surface area (Å²) in [5.41, 5.74) is 2.34. The van der Waals surface area contributed by atoms with Crippen molar-refractivity contribution in [2.24, 2.45) is 0 Å². The number of benzene rings is 1. The van der Waals surface area contributed by atoms with Crippen molar-refractivity contribution in [3.05, 3.63) is 30.0 Å². The van der Waals surface area contributed by atoms with Gasteiger partial charge in [0.15, 0.2) is 5.13 Å². The van der Waals surface area contributed by atoms with Crippen molar-refractivity contribution in [1.29, 1.82) is 0 Å². The molecule has 0 unspecified atom stereocenters. The Kier molecular flexibility index (Phi) is 7.22. The number of amides is 2. The molecule has 1 aromatic carbocycles. The zero-order valence-corrected chi connectivity index (χ0v) is 22.2. The van der Waals surface area contributed by atoms with Crippen LogP contribution in [0.4, 0.5) is 22.6 Å². The van der Waals surface area contributed by atoms with E-state index in [0.717, 1.165) is 61.2 Å². The summed E-state index contributed by atoms with van der Waals surface area (Å²) >= 11 is 1.46. The molecular formula is C27H33N7O3S. The van der Waals surface area contributed by atoms with Gasteiger partial charge in [-0.2, -0.15) is 4.98 Å². The summed E-state index contributed by atoms with van der Waals surface area (Å²) in [4.78, 5) is 42.4. The zero-order valence-electron chi connectivity index (χ0n) is 21.4. The summed E-state index contributed by atoms with van der Waals surface area (Å²) in [5.74, 6) is 0.950. The third-order valence-electron chi connectivity index (χ3n) is 7.56. The number of rotatable bonds is 7. The number of imide groups is 1. The van der Waals surface area contributed by atoms with E-state index in [-0.39, 0.29) is 36.8 Å². The van der Waals surface area contributed by atoms with Gasteiger partial charge < -0.3 is 15.7 Å². The maximum Gasteiger partial charge on any atom is 0.234 e. The van der Waals surface area contributed by atoms with Crippen LogP contribution in [0, 0.1) is 0 Å². The zero-order chi connectivity index (χ0) is 26.1. The summed E-state index contributed by atoms with van der Waals surface area (Å²) in [6, 6.07) is 7.71. The highest BCUT2D eigenvalue weighted by Gasteiger charge is 2.30. The lowest BCUT2D eigenvalue weighted by atomic mass is 9.93. The second-order valence-electron chi connectivity index (χ2n) is 10.5. The van der Waals surface area contributed by atoms with Crippen molar-refractivity contribution in [3.63, 3.8) is 0 Å². The largest absolute Gasteiger partial charge is 0.393 e. The number of carbonyl (C=O) groups excluding carboxylic acids is 2. The first-order valence-corrected chi connectivity index (χ1v) is 14.4. The molecule has 3 aromatic rings. The predicted molar refractivity (Wildman–Crippen MR) is 148 cm³/mol. The summed E-state index contributed by atoms with van der Waals surface area (Å²) in [7, 11) is 0. The maximum atomic E-state index is 12.2. The number of aliphatic hydroxyl groups is 1. The molecule has 2 aromatic heterocycles. The van der Waals surface area contributed by atoms with E-state index in [0.29, 0.717) is 22.6 Å².